The van der Waals surface area contributed by atoms with Crippen LogP contribution in [-0.2, 0) is 5.41 Å². The van der Waals surface area contributed by atoms with Crippen LogP contribution in [0.15, 0.2) is 206 Å². The van der Waals surface area contributed by atoms with Crippen molar-refractivity contribution in [2.75, 3.05) is 4.90 Å². The smallest absolute Gasteiger partial charge is 0.0707 e. The molecule has 2 nitrogen and oxygen atoms in total. The lowest BCUT2D eigenvalue weighted by Gasteiger charge is -2.27. The third-order valence-corrected chi connectivity index (χ3v) is 12.8. The van der Waals surface area contributed by atoms with Gasteiger partial charge in [0, 0.05) is 34.1 Å². The summed E-state index contributed by atoms with van der Waals surface area (Å²) in [6.45, 7) is 4.70. The molecule has 278 valence electrons. The van der Waals surface area contributed by atoms with Gasteiger partial charge in [-0.15, -0.1) is 0 Å². The molecule has 0 saturated heterocycles. The number of fused-ring (bicyclic) bond motifs is 6. The van der Waals surface area contributed by atoms with Crippen molar-refractivity contribution < 1.29 is 0 Å². The number of anilines is 2. The Morgan fingerprint density at radius 2 is 1.21 bits per heavy atom. The van der Waals surface area contributed by atoms with E-state index in [2.05, 4.69) is 224 Å². The molecule has 0 aromatic heterocycles. The van der Waals surface area contributed by atoms with Gasteiger partial charge in [0.15, 0.2) is 0 Å². The second-order valence-corrected chi connectivity index (χ2v) is 16.6. The van der Waals surface area contributed by atoms with E-state index in [9.17, 15) is 0 Å². The third kappa shape index (κ3) is 5.71. The molecule has 1 N–H and O–H groups in total. The fraction of sp³-hybridized carbons (Fsp3) is 0.107. The molecular formula is C56H44N2. The highest BCUT2D eigenvalue weighted by Crippen LogP contribution is 2.52. The Morgan fingerprint density at radius 1 is 0.569 bits per heavy atom. The lowest BCUT2D eigenvalue weighted by Crippen LogP contribution is -2.21. The van der Waals surface area contributed by atoms with Crippen molar-refractivity contribution in [3.05, 3.63) is 239 Å². The summed E-state index contributed by atoms with van der Waals surface area (Å²) in [5.74, 6) is 0.327. The zero-order valence-electron chi connectivity index (χ0n) is 32.9. The second-order valence-electron chi connectivity index (χ2n) is 16.6. The average Bonchev–Trinajstić information content (AvgIpc) is 3.74. The van der Waals surface area contributed by atoms with Crippen LogP contribution in [0.2, 0.25) is 0 Å². The minimum atomic E-state index is -0.00932. The van der Waals surface area contributed by atoms with Gasteiger partial charge in [-0.1, -0.05) is 166 Å². The van der Waals surface area contributed by atoms with Crippen LogP contribution in [-0.4, -0.2) is 0 Å². The monoisotopic (exact) mass is 744 g/mol. The molecule has 7 aromatic carbocycles. The van der Waals surface area contributed by atoms with Gasteiger partial charge in [-0.3, -0.25) is 0 Å². The van der Waals surface area contributed by atoms with E-state index in [1.54, 1.807) is 0 Å². The highest BCUT2D eigenvalue weighted by molar-refractivity contribution is 5.88. The van der Waals surface area contributed by atoms with Crippen LogP contribution in [0.4, 0.5) is 11.4 Å². The number of hydrogen-bond acceptors (Lipinski definition) is 2. The molecular weight excluding hydrogens is 701 g/mol. The molecule has 2 aliphatic heterocycles. The van der Waals surface area contributed by atoms with Crippen LogP contribution in [0, 0.1) is 0 Å². The van der Waals surface area contributed by atoms with Gasteiger partial charge >= 0.3 is 0 Å². The maximum Gasteiger partial charge on any atom is 0.0707 e. The summed E-state index contributed by atoms with van der Waals surface area (Å²) in [6.07, 6.45) is 12.5. The Hall–Kier alpha value is -6.90. The van der Waals surface area contributed by atoms with Crippen LogP contribution in [0.1, 0.15) is 65.6 Å². The molecule has 0 saturated carbocycles. The topological polar surface area (TPSA) is 15.3 Å². The molecule has 4 aliphatic rings. The number of nitrogens with zero attached hydrogens (tertiary/aromatic N) is 1. The van der Waals surface area contributed by atoms with Crippen LogP contribution in [0.5, 0.6) is 0 Å². The van der Waals surface area contributed by atoms with E-state index in [-0.39, 0.29) is 11.5 Å². The van der Waals surface area contributed by atoms with Gasteiger partial charge in [-0.25, -0.2) is 0 Å². The van der Waals surface area contributed by atoms with Gasteiger partial charge in [0.1, 0.15) is 0 Å². The molecule has 2 atom stereocenters. The van der Waals surface area contributed by atoms with Crippen molar-refractivity contribution in [2.24, 2.45) is 0 Å². The minimum Gasteiger partial charge on any atom is -0.374 e. The van der Waals surface area contributed by atoms with Crippen molar-refractivity contribution in [1.29, 1.82) is 0 Å². The second kappa shape index (κ2) is 13.6. The van der Waals surface area contributed by atoms with Gasteiger partial charge in [0.25, 0.3) is 0 Å². The van der Waals surface area contributed by atoms with E-state index in [0.717, 1.165) is 12.1 Å². The van der Waals surface area contributed by atoms with E-state index in [0.29, 0.717) is 5.92 Å². The fourth-order valence-electron chi connectivity index (χ4n) is 9.76. The lowest BCUT2D eigenvalue weighted by molar-refractivity contribution is 0.660. The predicted molar refractivity (Wildman–Crippen MR) is 243 cm³/mol. The summed E-state index contributed by atoms with van der Waals surface area (Å²) in [5, 5.41) is 3.79. The fourth-order valence-corrected chi connectivity index (χ4v) is 9.76. The number of benzene rings is 7. The molecule has 0 amide bonds. The molecule has 2 aliphatic carbocycles. The summed E-state index contributed by atoms with van der Waals surface area (Å²) in [6, 6.07) is 62.7. The first-order valence-corrected chi connectivity index (χ1v) is 20.6. The lowest BCUT2D eigenvalue weighted by atomic mass is 9.81. The number of hydrogen-bond donors (Lipinski definition) is 1. The maximum absolute atomic E-state index is 3.79. The van der Waals surface area contributed by atoms with Crippen LogP contribution in [0.3, 0.4) is 0 Å². The molecule has 7 aromatic rings. The van der Waals surface area contributed by atoms with E-state index < -0.39 is 0 Å². The molecule has 0 radical (unpaired) electrons. The van der Waals surface area contributed by atoms with Crippen molar-refractivity contribution in [1.82, 2.24) is 5.32 Å². The van der Waals surface area contributed by atoms with E-state index in [1.807, 2.05) is 0 Å². The zero-order valence-corrected chi connectivity index (χ0v) is 32.9. The van der Waals surface area contributed by atoms with Crippen molar-refractivity contribution in [3.8, 4) is 33.4 Å². The highest BCUT2D eigenvalue weighted by atomic mass is 15.2. The molecule has 0 bridgehead atoms. The molecule has 0 fully saturated rings. The summed E-state index contributed by atoms with van der Waals surface area (Å²) in [5.41, 5.74) is 21.8. The molecule has 58 heavy (non-hydrogen) atoms. The molecule has 11 rings (SSSR count). The normalized spacial score (nSPS) is 18.2. The van der Waals surface area contributed by atoms with Gasteiger partial charge in [-0.2, -0.15) is 0 Å². The van der Waals surface area contributed by atoms with Crippen LogP contribution in [0.25, 0.3) is 44.7 Å². The zero-order chi connectivity index (χ0) is 38.8. The highest BCUT2D eigenvalue weighted by Gasteiger charge is 2.36. The quantitative estimate of drug-likeness (QED) is 0.182. The van der Waals surface area contributed by atoms with Crippen molar-refractivity contribution >= 4 is 22.6 Å². The van der Waals surface area contributed by atoms with Gasteiger partial charge in [0.2, 0.25) is 0 Å². The predicted octanol–water partition coefficient (Wildman–Crippen LogP) is 14.2. The molecule has 2 heterocycles. The average molecular weight is 745 g/mol. The van der Waals surface area contributed by atoms with Crippen LogP contribution < -0.4 is 10.2 Å². The number of allylic oxidation sites excluding steroid dienone is 6. The first kappa shape index (κ1) is 34.4. The SMILES string of the molecule is CC1(C)c2ccccc2-c2ccc(-c3ccc(-c4ccc5c(c4)C4CC=CC=C4N5c4ccc(C5=CC(c6ccccc6)NC(c6ccccc6)=C5)cc4)cc3)cc21. The van der Waals surface area contributed by atoms with Gasteiger partial charge < -0.3 is 10.2 Å². The number of nitrogens with one attached hydrogen (secondary N) is 1. The largest absolute Gasteiger partial charge is 0.374 e. The molecule has 2 unspecified atom stereocenters. The standard InChI is InChI=1S/C56H44N2/c1-56(2)50-19-11-9-17-46(50)47-31-27-43(34-51(47)56)38-23-21-37(22-24-38)42-28-32-55-49(33-42)48-18-10-12-20-54(48)58(55)45-29-25-39(26-30-45)44-35-52(40-13-5-3-6-14-40)57-53(36-44)41-15-7-4-8-16-41/h3-17,19-36,48,52,57H,18H2,1-2H3. The number of dihydropyridines is 1. The molecule has 2 heteroatoms. The van der Waals surface area contributed by atoms with E-state index in [4.69, 9.17) is 0 Å². The van der Waals surface area contributed by atoms with Gasteiger partial charge in [-0.05, 0) is 127 Å². The van der Waals surface area contributed by atoms with E-state index in [1.165, 1.54) is 89.4 Å². The summed E-state index contributed by atoms with van der Waals surface area (Å²) < 4.78 is 0. The van der Waals surface area contributed by atoms with Gasteiger partial charge in [0.05, 0.1) is 6.04 Å². The molecule has 0 spiro atoms. The Balaban J connectivity index is 0.890. The van der Waals surface area contributed by atoms with Crippen LogP contribution >= 0.6 is 0 Å². The Kier molecular flexibility index (Phi) is 8.08. The summed E-state index contributed by atoms with van der Waals surface area (Å²) >= 11 is 0. The first-order valence-electron chi connectivity index (χ1n) is 20.6. The Bertz CT molecular complexity index is 2840. The maximum atomic E-state index is 3.79. The number of rotatable bonds is 6. The Morgan fingerprint density at radius 3 is 1.98 bits per heavy atom. The Labute approximate surface area is 341 Å². The minimum absolute atomic E-state index is 0.00932. The van der Waals surface area contributed by atoms with Crippen molar-refractivity contribution in [2.45, 2.75) is 37.6 Å². The summed E-state index contributed by atoms with van der Waals surface area (Å²) in [7, 11) is 0. The summed E-state index contributed by atoms with van der Waals surface area (Å²) in [4.78, 5) is 2.47. The van der Waals surface area contributed by atoms with E-state index >= 15 is 0 Å². The van der Waals surface area contributed by atoms with Crippen molar-refractivity contribution in [3.63, 3.8) is 0 Å². The third-order valence-electron chi connectivity index (χ3n) is 12.8. The first-order chi connectivity index (χ1) is 28.5.